The first-order valence-corrected chi connectivity index (χ1v) is 10.4. The van der Waals surface area contributed by atoms with Crippen LogP contribution in [0.2, 0.25) is 5.02 Å². The lowest BCUT2D eigenvalue weighted by Gasteiger charge is -2.43. The van der Waals surface area contributed by atoms with Crippen LogP contribution in [-0.2, 0) is 14.3 Å². The van der Waals surface area contributed by atoms with Crippen LogP contribution in [0.25, 0.3) is 0 Å². The summed E-state index contributed by atoms with van der Waals surface area (Å²) >= 11 is 5.74. The zero-order valence-electron chi connectivity index (χ0n) is 17.4. The van der Waals surface area contributed by atoms with Crippen LogP contribution in [0.4, 0.5) is 4.39 Å². The number of hydrogen-bond acceptors (Lipinski definition) is 4. The number of carbonyl (C=O) groups is 2. The van der Waals surface area contributed by atoms with Gasteiger partial charge in [0.05, 0.1) is 5.02 Å². The summed E-state index contributed by atoms with van der Waals surface area (Å²) in [5.74, 6) is -0.984. The van der Waals surface area contributed by atoms with E-state index in [0.29, 0.717) is 17.2 Å². The predicted octanol–water partition coefficient (Wildman–Crippen LogP) is 5.96. The number of benzene rings is 2. The third-order valence-electron chi connectivity index (χ3n) is 5.73. The average molecular weight is 431 g/mol. The molecule has 2 fully saturated rings. The standard InChI is InChI=1S/C24H24ClFO4/c1-23(2)21(27)20(22(28)24(3,4)30-23)17-11-14(7-9-16(17)13-5-6-13)29-15-8-10-18(25)19(26)12-15/h7-13,20H,5-6H2,1-4H3. The summed E-state index contributed by atoms with van der Waals surface area (Å²) in [6, 6.07) is 9.61. The fourth-order valence-corrected chi connectivity index (χ4v) is 4.26. The molecule has 1 aliphatic heterocycles. The number of hydrogen-bond donors (Lipinski definition) is 0. The molecule has 1 heterocycles. The Morgan fingerprint density at radius 2 is 1.50 bits per heavy atom. The van der Waals surface area contributed by atoms with Crippen LogP contribution in [0.15, 0.2) is 36.4 Å². The van der Waals surface area contributed by atoms with E-state index in [1.54, 1.807) is 45.9 Å². The first kappa shape index (κ1) is 21.0. The van der Waals surface area contributed by atoms with Crippen LogP contribution in [0.3, 0.4) is 0 Å². The Bertz CT molecular complexity index is 1010. The maximum absolute atomic E-state index is 13.8. The molecule has 2 aromatic rings. The number of ether oxygens (including phenoxy) is 2. The molecule has 2 aromatic carbocycles. The van der Waals surface area contributed by atoms with Gasteiger partial charge < -0.3 is 9.47 Å². The van der Waals surface area contributed by atoms with Gasteiger partial charge in [-0.2, -0.15) is 0 Å². The molecule has 6 heteroatoms. The molecule has 0 radical (unpaired) electrons. The highest BCUT2D eigenvalue weighted by molar-refractivity contribution is 6.30. The van der Waals surface area contributed by atoms with Gasteiger partial charge in [0.15, 0.2) is 11.6 Å². The Balaban J connectivity index is 1.77. The number of Topliss-reactive ketones (excluding diaryl/α,β-unsaturated/α-hetero) is 2. The molecule has 0 N–H and O–H groups in total. The van der Waals surface area contributed by atoms with Gasteiger partial charge in [-0.1, -0.05) is 17.7 Å². The van der Waals surface area contributed by atoms with Gasteiger partial charge in [-0.05, 0) is 81.8 Å². The summed E-state index contributed by atoms with van der Waals surface area (Å²) in [7, 11) is 0. The summed E-state index contributed by atoms with van der Waals surface area (Å²) in [5.41, 5.74) is -0.522. The van der Waals surface area contributed by atoms with Gasteiger partial charge in [0, 0.05) is 6.07 Å². The van der Waals surface area contributed by atoms with E-state index in [-0.39, 0.29) is 22.3 Å². The lowest BCUT2D eigenvalue weighted by molar-refractivity contribution is -0.184. The minimum atomic E-state index is -1.08. The zero-order valence-corrected chi connectivity index (χ0v) is 18.2. The molecule has 4 rings (SSSR count). The second-order valence-electron chi connectivity index (χ2n) is 9.03. The molecule has 0 spiro atoms. The molecule has 2 aliphatic rings. The lowest BCUT2D eigenvalue weighted by Crippen LogP contribution is -2.58. The van der Waals surface area contributed by atoms with E-state index in [1.807, 2.05) is 6.07 Å². The highest BCUT2D eigenvalue weighted by Gasteiger charge is 2.53. The predicted molar refractivity (Wildman–Crippen MR) is 112 cm³/mol. The third-order valence-corrected chi connectivity index (χ3v) is 6.04. The SMILES string of the molecule is CC1(C)OC(C)(C)C(=O)C(c2cc(Oc3ccc(Cl)c(F)c3)ccc2C2CC2)C1=O. The monoisotopic (exact) mass is 430 g/mol. The number of carbonyl (C=O) groups excluding carboxylic acids is 2. The summed E-state index contributed by atoms with van der Waals surface area (Å²) < 4.78 is 25.4. The van der Waals surface area contributed by atoms with Crippen LogP contribution in [-0.4, -0.2) is 22.8 Å². The Morgan fingerprint density at radius 1 is 0.933 bits per heavy atom. The highest BCUT2D eigenvalue weighted by atomic mass is 35.5. The molecular weight excluding hydrogens is 407 g/mol. The highest BCUT2D eigenvalue weighted by Crippen LogP contribution is 2.47. The van der Waals surface area contributed by atoms with Crippen LogP contribution in [0, 0.1) is 5.82 Å². The Kier molecular flexibility index (Phi) is 5.02. The summed E-state index contributed by atoms with van der Waals surface area (Å²) in [6.07, 6.45) is 2.04. The van der Waals surface area contributed by atoms with E-state index in [1.165, 1.54) is 12.1 Å². The quantitative estimate of drug-likeness (QED) is 0.562. The second kappa shape index (κ2) is 7.17. The minimum Gasteiger partial charge on any atom is -0.457 e. The van der Waals surface area contributed by atoms with Crippen molar-refractivity contribution < 1.29 is 23.5 Å². The van der Waals surface area contributed by atoms with Crippen molar-refractivity contribution in [2.24, 2.45) is 0 Å². The average Bonchev–Trinajstić information content (AvgIpc) is 3.48. The molecular formula is C24H24ClFO4. The van der Waals surface area contributed by atoms with Crippen LogP contribution in [0.1, 0.15) is 63.5 Å². The van der Waals surface area contributed by atoms with Gasteiger partial charge in [-0.15, -0.1) is 0 Å². The van der Waals surface area contributed by atoms with Gasteiger partial charge in [0.2, 0.25) is 0 Å². The number of halogens is 2. The van der Waals surface area contributed by atoms with Crippen LogP contribution < -0.4 is 4.74 Å². The van der Waals surface area contributed by atoms with E-state index < -0.39 is 22.9 Å². The molecule has 4 nitrogen and oxygen atoms in total. The topological polar surface area (TPSA) is 52.6 Å². The van der Waals surface area contributed by atoms with Crippen molar-refractivity contribution in [1.82, 2.24) is 0 Å². The summed E-state index contributed by atoms with van der Waals surface area (Å²) in [5, 5.41) is 0.00924. The Labute approximate surface area is 180 Å². The van der Waals surface area contributed by atoms with Crippen molar-refractivity contribution in [3.63, 3.8) is 0 Å². The lowest BCUT2D eigenvalue weighted by atomic mass is 9.73. The maximum atomic E-state index is 13.8. The molecule has 0 amide bonds. The maximum Gasteiger partial charge on any atom is 0.179 e. The molecule has 30 heavy (non-hydrogen) atoms. The number of ketones is 2. The molecule has 0 atom stereocenters. The van der Waals surface area contributed by atoms with Crippen molar-refractivity contribution >= 4 is 23.2 Å². The van der Waals surface area contributed by atoms with E-state index in [0.717, 1.165) is 18.4 Å². The molecule has 158 valence electrons. The molecule has 1 aliphatic carbocycles. The molecule has 1 saturated carbocycles. The first-order valence-electron chi connectivity index (χ1n) is 10.0. The van der Waals surface area contributed by atoms with Gasteiger partial charge in [-0.25, -0.2) is 4.39 Å². The number of rotatable bonds is 4. The van der Waals surface area contributed by atoms with Crippen molar-refractivity contribution in [2.75, 3.05) is 0 Å². The smallest absolute Gasteiger partial charge is 0.179 e. The van der Waals surface area contributed by atoms with E-state index >= 15 is 0 Å². The van der Waals surface area contributed by atoms with Crippen LogP contribution in [0.5, 0.6) is 11.5 Å². The van der Waals surface area contributed by atoms with Crippen LogP contribution >= 0.6 is 11.6 Å². The first-order chi connectivity index (χ1) is 14.0. The van der Waals surface area contributed by atoms with Gasteiger partial charge in [0.25, 0.3) is 0 Å². The molecule has 1 saturated heterocycles. The van der Waals surface area contributed by atoms with Gasteiger partial charge in [0.1, 0.15) is 34.4 Å². The Morgan fingerprint density at radius 3 is 2.07 bits per heavy atom. The fraction of sp³-hybridized carbons (Fsp3) is 0.417. The minimum absolute atomic E-state index is 0.00924. The van der Waals surface area contributed by atoms with Gasteiger partial charge >= 0.3 is 0 Å². The molecule has 0 bridgehead atoms. The van der Waals surface area contributed by atoms with Crippen molar-refractivity contribution in [2.45, 2.75) is 63.6 Å². The van der Waals surface area contributed by atoms with Crippen molar-refractivity contribution in [3.8, 4) is 11.5 Å². The molecule has 0 unspecified atom stereocenters. The van der Waals surface area contributed by atoms with E-state index in [4.69, 9.17) is 21.1 Å². The largest absolute Gasteiger partial charge is 0.457 e. The summed E-state index contributed by atoms with van der Waals surface area (Å²) in [4.78, 5) is 26.5. The Hall–Kier alpha value is -2.24. The van der Waals surface area contributed by atoms with Crippen molar-refractivity contribution in [1.29, 1.82) is 0 Å². The second-order valence-corrected chi connectivity index (χ2v) is 9.43. The fourth-order valence-electron chi connectivity index (χ4n) is 4.14. The third kappa shape index (κ3) is 3.77. The summed E-state index contributed by atoms with van der Waals surface area (Å²) in [6.45, 7) is 6.79. The van der Waals surface area contributed by atoms with Crippen molar-refractivity contribution in [3.05, 3.63) is 58.4 Å². The van der Waals surface area contributed by atoms with Gasteiger partial charge in [-0.3, -0.25) is 9.59 Å². The zero-order chi connectivity index (χ0) is 21.8. The van der Waals surface area contributed by atoms with E-state index in [9.17, 15) is 14.0 Å². The molecule has 0 aromatic heterocycles. The normalized spacial score (nSPS) is 21.0. The van der Waals surface area contributed by atoms with E-state index in [2.05, 4.69) is 0 Å².